The molecule has 0 aromatic carbocycles. The van der Waals surface area contributed by atoms with Gasteiger partial charge in [-0.3, -0.25) is 0 Å². The van der Waals surface area contributed by atoms with Crippen molar-refractivity contribution in [3.05, 3.63) is 24.3 Å². The molecule has 5 atom stereocenters. The van der Waals surface area contributed by atoms with Crippen molar-refractivity contribution in [3.63, 3.8) is 0 Å². The average molecular weight is 232 g/mol. The third-order valence-corrected chi connectivity index (χ3v) is 4.90. The minimum absolute atomic E-state index is 0.188. The molecular weight excluding hydrogens is 208 g/mol. The Hall–Kier alpha value is -0.850. The molecule has 0 saturated heterocycles. The van der Waals surface area contributed by atoms with E-state index in [1.165, 1.54) is 25.5 Å². The lowest BCUT2D eigenvalue weighted by Crippen LogP contribution is -2.44. The van der Waals surface area contributed by atoms with Crippen molar-refractivity contribution in [1.82, 2.24) is 0 Å². The van der Waals surface area contributed by atoms with Crippen LogP contribution >= 0.6 is 0 Å². The van der Waals surface area contributed by atoms with Crippen LogP contribution in [0.1, 0.15) is 40.0 Å². The fraction of sp³-hybridized carbons (Fsp3) is 0.688. The van der Waals surface area contributed by atoms with Crippen LogP contribution in [-0.4, -0.2) is 6.29 Å². The Morgan fingerprint density at radius 1 is 1.29 bits per heavy atom. The summed E-state index contributed by atoms with van der Waals surface area (Å²) in [5.74, 6) is 2.27. The molecule has 1 heteroatoms. The molecule has 0 spiro atoms. The molecule has 0 unspecified atom stereocenters. The summed E-state index contributed by atoms with van der Waals surface area (Å²) < 4.78 is 0. The van der Waals surface area contributed by atoms with Gasteiger partial charge in [-0.1, -0.05) is 44.6 Å². The molecule has 94 valence electrons. The number of hydrogen-bond acceptors (Lipinski definition) is 1. The Balaban J connectivity index is 2.31. The van der Waals surface area contributed by atoms with Gasteiger partial charge in [0.05, 0.1) is 0 Å². The third kappa shape index (κ3) is 2.12. The highest BCUT2D eigenvalue weighted by molar-refractivity contribution is 5.62. The molecule has 17 heavy (non-hydrogen) atoms. The van der Waals surface area contributed by atoms with E-state index in [0.717, 1.165) is 5.92 Å². The quantitative estimate of drug-likeness (QED) is 0.519. The Labute approximate surface area is 105 Å². The highest BCUT2D eigenvalue weighted by atomic mass is 16.1. The van der Waals surface area contributed by atoms with Gasteiger partial charge in [-0.05, 0) is 37.5 Å². The molecule has 0 amide bonds. The highest BCUT2D eigenvalue weighted by Crippen LogP contribution is 2.51. The molecule has 2 aliphatic carbocycles. The average Bonchev–Trinajstić information content (AvgIpc) is 2.33. The fourth-order valence-corrected chi connectivity index (χ4v) is 3.77. The van der Waals surface area contributed by atoms with Crippen LogP contribution < -0.4 is 0 Å². The van der Waals surface area contributed by atoms with E-state index in [1.807, 2.05) is 6.92 Å². The predicted molar refractivity (Wildman–Crippen MR) is 71.6 cm³/mol. The number of carbonyl (C=O) groups is 1. The van der Waals surface area contributed by atoms with Crippen molar-refractivity contribution in [2.45, 2.75) is 40.0 Å². The molecular formula is C16H24O. The number of carbonyl (C=O) groups excluding carboxylic acids is 1. The minimum atomic E-state index is -0.188. The maximum atomic E-state index is 11.6. The molecule has 0 aromatic rings. The van der Waals surface area contributed by atoms with E-state index in [0.29, 0.717) is 17.8 Å². The van der Waals surface area contributed by atoms with Crippen LogP contribution in [0.5, 0.6) is 0 Å². The summed E-state index contributed by atoms with van der Waals surface area (Å²) in [6.45, 7) is 6.52. The van der Waals surface area contributed by atoms with Gasteiger partial charge in [0, 0.05) is 11.3 Å². The van der Waals surface area contributed by atoms with Gasteiger partial charge in [-0.25, -0.2) is 0 Å². The van der Waals surface area contributed by atoms with Crippen LogP contribution in [0, 0.1) is 29.1 Å². The second-order valence-electron chi connectivity index (χ2n) is 6.11. The molecule has 0 aromatic heterocycles. The van der Waals surface area contributed by atoms with Gasteiger partial charge in [0.15, 0.2) is 0 Å². The Morgan fingerprint density at radius 2 is 2.06 bits per heavy atom. The number of aldehydes is 1. The normalized spacial score (nSPS) is 45.8. The monoisotopic (exact) mass is 232 g/mol. The molecule has 0 bridgehead atoms. The number of rotatable bonds is 2. The zero-order valence-electron chi connectivity index (χ0n) is 11.2. The van der Waals surface area contributed by atoms with Crippen molar-refractivity contribution in [3.8, 4) is 0 Å². The van der Waals surface area contributed by atoms with Crippen molar-refractivity contribution in [1.29, 1.82) is 0 Å². The van der Waals surface area contributed by atoms with Crippen LogP contribution in [0.15, 0.2) is 24.3 Å². The lowest BCUT2D eigenvalue weighted by Gasteiger charge is -2.47. The van der Waals surface area contributed by atoms with Gasteiger partial charge < -0.3 is 4.79 Å². The summed E-state index contributed by atoms with van der Waals surface area (Å²) >= 11 is 0. The van der Waals surface area contributed by atoms with E-state index in [1.54, 1.807) is 0 Å². The van der Waals surface area contributed by atoms with E-state index < -0.39 is 0 Å². The van der Waals surface area contributed by atoms with Crippen molar-refractivity contribution in [2.24, 2.45) is 29.1 Å². The van der Waals surface area contributed by atoms with Crippen molar-refractivity contribution < 1.29 is 4.79 Å². The van der Waals surface area contributed by atoms with E-state index in [4.69, 9.17) is 0 Å². The standard InChI is InChI=1S/C16H24O/c1-4-5-14-8-7-13-10-12(2)6-9-15(13)16(14,3)11-17/h4-5,7-8,11-15H,6,9-10H2,1-3H3/b5-4+/t12-,13-,14-,15-,16-/m1/s1. The van der Waals surface area contributed by atoms with Crippen molar-refractivity contribution in [2.75, 3.05) is 0 Å². The van der Waals surface area contributed by atoms with E-state index >= 15 is 0 Å². The maximum Gasteiger partial charge on any atom is 0.127 e. The summed E-state index contributed by atoms with van der Waals surface area (Å²) in [7, 11) is 0. The molecule has 1 nitrogen and oxygen atoms in total. The maximum absolute atomic E-state index is 11.6. The van der Waals surface area contributed by atoms with E-state index in [-0.39, 0.29) is 5.41 Å². The summed E-state index contributed by atoms with van der Waals surface area (Å²) in [6, 6.07) is 0. The smallest absolute Gasteiger partial charge is 0.127 e. The van der Waals surface area contributed by atoms with E-state index in [2.05, 4.69) is 38.2 Å². The van der Waals surface area contributed by atoms with Gasteiger partial charge in [0.1, 0.15) is 6.29 Å². The zero-order chi connectivity index (χ0) is 12.5. The zero-order valence-corrected chi connectivity index (χ0v) is 11.2. The molecule has 0 aliphatic heterocycles. The molecule has 1 saturated carbocycles. The van der Waals surface area contributed by atoms with Crippen molar-refractivity contribution >= 4 is 6.29 Å². The summed E-state index contributed by atoms with van der Waals surface area (Å²) in [6.07, 6.45) is 13.8. The van der Waals surface area contributed by atoms with Crippen LogP contribution in [0.25, 0.3) is 0 Å². The molecule has 0 radical (unpaired) electrons. The Morgan fingerprint density at radius 3 is 2.71 bits per heavy atom. The lowest BCUT2D eigenvalue weighted by molar-refractivity contribution is -0.122. The summed E-state index contributed by atoms with van der Waals surface area (Å²) in [5.41, 5.74) is -0.188. The second-order valence-corrected chi connectivity index (χ2v) is 6.11. The molecule has 2 aliphatic rings. The molecule has 0 heterocycles. The SMILES string of the molecule is C/C=C/[C@@H]1C=C[C@@H]2C[C@H](C)CC[C@H]2[C@]1(C)C=O. The first-order valence-electron chi connectivity index (χ1n) is 6.89. The van der Waals surface area contributed by atoms with Gasteiger partial charge in [-0.15, -0.1) is 0 Å². The molecule has 0 N–H and O–H groups in total. The minimum Gasteiger partial charge on any atom is -0.303 e. The topological polar surface area (TPSA) is 17.1 Å². The van der Waals surface area contributed by atoms with Crippen LogP contribution in [0.4, 0.5) is 0 Å². The van der Waals surface area contributed by atoms with Crippen LogP contribution in [0.2, 0.25) is 0 Å². The van der Waals surface area contributed by atoms with Gasteiger partial charge in [0.2, 0.25) is 0 Å². The number of hydrogen-bond donors (Lipinski definition) is 0. The highest BCUT2D eigenvalue weighted by Gasteiger charge is 2.46. The van der Waals surface area contributed by atoms with Gasteiger partial charge in [-0.2, -0.15) is 0 Å². The molecule has 1 fully saturated rings. The van der Waals surface area contributed by atoms with Crippen LogP contribution in [-0.2, 0) is 4.79 Å². The largest absolute Gasteiger partial charge is 0.303 e. The first kappa shape index (κ1) is 12.6. The number of fused-ring (bicyclic) bond motifs is 1. The Kier molecular flexibility index (Phi) is 3.56. The summed E-state index contributed by atoms with van der Waals surface area (Å²) in [4.78, 5) is 11.6. The number of allylic oxidation sites excluding steroid dienone is 4. The van der Waals surface area contributed by atoms with E-state index in [9.17, 15) is 4.79 Å². The third-order valence-electron chi connectivity index (χ3n) is 4.90. The van der Waals surface area contributed by atoms with Gasteiger partial charge >= 0.3 is 0 Å². The van der Waals surface area contributed by atoms with Gasteiger partial charge in [0.25, 0.3) is 0 Å². The first-order chi connectivity index (χ1) is 8.11. The fourth-order valence-electron chi connectivity index (χ4n) is 3.77. The van der Waals surface area contributed by atoms with Crippen LogP contribution in [0.3, 0.4) is 0 Å². The first-order valence-corrected chi connectivity index (χ1v) is 6.89. The Bertz CT molecular complexity index is 341. The summed E-state index contributed by atoms with van der Waals surface area (Å²) in [5, 5.41) is 0. The predicted octanol–water partition coefficient (Wildman–Crippen LogP) is 4.01. The lowest BCUT2D eigenvalue weighted by atomic mass is 9.56. The molecule has 2 rings (SSSR count). The second kappa shape index (κ2) is 4.80.